The first-order valence-corrected chi connectivity index (χ1v) is 15.3. The van der Waals surface area contributed by atoms with E-state index < -0.39 is 23.1 Å². The van der Waals surface area contributed by atoms with Crippen LogP contribution in [0.4, 0.5) is 0 Å². The molecular formula is C32H52O6. The van der Waals surface area contributed by atoms with Crippen LogP contribution in [0, 0.1) is 50.7 Å². The molecule has 5 aliphatic rings. The average Bonchev–Trinajstić information content (AvgIpc) is 3.36. The Hall–Kier alpha value is -1.14. The largest absolute Gasteiger partial charge is 0.481 e. The average molecular weight is 533 g/mol. The highest BCUT2D eigenvalue weighted by Crippen LogP contribution is 2.89. The number of hydrogen-bond donors (Lipinski definition) is 3. The van der Waals surface area contributed by atoms with Gasteiger partial charge in [-0.2, -0.15) is 0 Å². The lowest BCUT2D eigenvalue weighted by atomic mass is 9.41. The zero-order valence-corrected chi connectivity index (χ0v) is 24.8. The van der Waals surface area contributed by atoms with E-state index in [0.717, 1.165) is 51.4 Å². The Morgan fingerprint density at radius 3 is 2.32 bits per heavy atom. The number of ether oxygens (including phenoxy) is 1. The van der Waals surface area contributed by atoms with Gasteiger partial charge >= 0.3 is 11.9 Å². The maximum Gasteiger partial charge on any atom is 0.312 e. The molecule has 0 aromatic heterocycles. The number of aliphatic hydroxyl groups excluding tert-OH is 1. The molecule has 0 radical (unpaired) electrons. The van der Waals surface area contributed by atoms with Gasteiger partial charge in [0.15, 0.2) is 0 Å². The first kappa shape index (κ1) is 28.4. The van der Waals surface area contributed by atoms with Crippen LogP contribution in [-0.4, -0.2) is 45.1 Å². The van der Waals surface area contributed by atoms with Gasteiger partial charge in [-0.1, -0.05) is 33.6 Å². The summed E-state index contributed by atoms with van der Waals surface area (Å²) in [5, 5.41) is 31.6. The normalized spacial score (nSPS) is 50.2. The number of rotatable bonds is 7. The molecular weight excluding hydrogens is 480 g/mol. The second-order valence-electron chi connectivity index (χ2n) is 15.7. The molecule has 0 bridgehead atoms. The molecule has 6 heteroatoms. The molecule has 0 aromatic carbocycles. The van der Waals surface area contributed by atoms with Crippen LogP contribution in [-0.2, 0) is 14.3 Å². The number of aliphatic hydroxyl groups is 2. The fraction of sp³-hybridized carbons (Fsp3) is 0.938. The first-order chi connectivity index (χ1) is 17.5. The maximum atomic E-state index is 12.7. The maximum absolute atomic E-state index is 12.7. The summed E-state index contributed by atoms with van der Waals surface area (Å²) < 4.78 is 6.18. The van der Waals surface area contributed by atoms with Gasteiger partial charge in [-0.05, 0) is 118 Å². The molecule has 5 aliphatic carbocycles. The number of fused-ring (bicyclic) bond motifs is 2. The Kier molecular flexibility index (Phi) is 6.48. The third-order valence-electron chi connectivity index (χ3n) is 13.7. The van der Waals surface area contributed by atoms with Gasteiger partial charge in [-0.15, -0.1) is 0 Å². The molecule has 38 heavy (non-hydrogen) atoms. The zero-order valence-electron chi connectivity index (χ0n) is 24.8. The lowest BCUT2D eigenvalue weighted by molar-refractivity contribution is -0.219. The molecule has 5 rings (SSSR count). The monoisotopic (exact) mass is 532 g/mol. The van der Waals surface area contributed by atoms with Crippen molar-refractivity contribution in [1.29, 1.82) is 0 Å². The molecule has 11 atom stereocenters. The van der Waals surface area contributed by atoms with Crippen molar-refractivity contribution in [2.45, 2.75) is 137 Å². The summed E-state index contributed by atoms with van der Waals surface area (Å²) in [6.45, 7) is 14.4. The fourth-order valence-corrected chi connectivity index (χ4v) is 11.7. The summed E-state index contributed by atoms with van der Waals surface area (Å²) in [5.41, 5.74) is -1.75. The number of aliphatic carboxylic acids is 1. The van der Waals surface area contributed by atoms with Crippen molar-refractivity contribution in [3.63, 3.8) is 0 Å². The Labute approximate surface area is 229 Å². The van der Waals surface area contributed by atoms with Gasteiger partial charge in [0, 0.05) is 12.8 Å². The van der Waals surface area contributed by atoms with E-state index in [-0.39, 0.29) is 45.6 Å². The van der Waals surface area contributed by atoms with Gasteiger partial charge in [0.25, 0.3) is 0 Å². The van der Waals surface area contributed by atoms with Crippen LogP contribution in [0.15, 0.2) is 0 Å². The smallest absolute Gasteiger partial charge is 0.312 e. The Bertz CT molecular complexity index is 987. The minimum atomic E-state index is -1.21. The molecule has 0 aliphatic heterocycles. The van der Waals surface area contributed by atoms with E-state index in [1.54, 1.807) is 6.92 Å². The molecule has 6 nitrogen and oxygen atoms in total. The van der Waals surface area contributed by atoms with E-state index in [2.05, 4.69) is 20.8 Å². The summed E-state index contributed by atoms with van der Waals surface area (Å²) in [5.74, 6) is 0.0176. The number of carboxylic acid groups (broad SMARTS) is 1. The number of esters is 1. The minimum Gasteiger partial charge on any atom is -0.481 e. The van der Waals surface area contributed by atoms with Crippen molar-refractivity contribution in [2.24, 2.45) is 50.7 Å². The molecule has 0 amide bonds. The number of carbonyl (C=O) groups is 2. The van der Waals surface area contributed by atoms with Crippen molar-refractivity contribution in [3.8, 4) is 0 Å². The molecule has 0 heterocycles. The molecule has 0 saturated heterocycles. The van der Waals surface area contributed by atoms with Crippen LogP contribution in [0.2, 0.25) is 0 Å². The lowest BCUT2D eigenvalue weighted by Gasteiger charge is -2.64. The molecule has 0 aromatic rings. The van der Waals surface area contributed by atoms with E-state index in [1.807, 2.05) is 13.8 Å². The molecule has 3 N–H and O–H groups in total. The van der Waals surface area contributed by atoms with Crippen LogP contribution in [0.3, 0.4) is 0 Å². The molecule has 2 spiro atoms. The summed E-state index contributed by atoms with van der Waals surface area (Å²) in [6.07, 6.45) is 9.27. The quantitative estimate of drug-likeness (QED) is 0.349. The van der Waals surface area contributed by atoms with Crippen molar-refractivity contribution in [3.05, 3.63) is 0 Å². The Morgan fingerprint density at radius 1 is 1.03 bits per heavy atom. The third-order valence-corrected chi connectivity index (χ3v) is 13.7. The first-order valence-electron chi connectivity index (χ1n) is 15.3. The van der Waals surface area contributed by atoms with Gasteiger partial charge < -0.3 is 20.1 Å². The van der Waals surface area contributed by atoms with Gasteiger partial charge in [-0.25, -0.2) is 0 Å². The SMILES string of the molecule is CC(=O)O[C@H]1C[C@H]2[C@](C)(C(=O)O)[C@@H](O)CC[C@@]23C[C@]32CC[C@]3(C)[C@@H]([C@H](C)CCCC(C)(C)O)CC[C@@]3(C)[C@H]12. The highest BCUT2D eigenvalue weighted by atomic mass is 16.5. The van der Waals surface area contributed by atoms with Crippen molar-refractivity contribution >= 4 is 11.9 Å². The van der Waals surface area contributed by atoms with E-state index in [9.17, 15) is 24.9 Å². The molecule has 0 unspecified atom stereocenters. The zero-order chi connectivity index (χ0) is 28.1. The minimum absolute atomic E-state index is 0.000182. The van der Waals surface area contributed by atoms with Crippen molar-refractivity contribution in [1.82, 2.24) is 0 Å². The third kappa shape index (κ3) is 3.63. The van der Waals surface area contributed by atoms with Crippen LogP contribution >= 0.6 is 0 Å². The lowest BCUT2D eigenvalue weighted by Crippen LogP contribution is -2.64. The van der Waals surface area contributed by atoms with Crippen LogP contribution < -0.4 is 0 Å². The van der Waals surface area contributed by atoms with Crippen LogP contribution in [0.25, 0.3) is 0 Å². The van der Waals surface area contributed by atoms with E-state index in [4.69, 9.17) is 4.74 Å². The van der Waals surface area contributed by atoms with Crippen LogP contribution in [0.5, 0.6) is 0 Å². The Balaban J connectivity index is 1.49. The molecule has 216 valence electrons. The number of carbonyl (C=O) groups excluding carboxylic acids is 1. The van der Waals surface area contributed by atoms with Crippen molar-refractivity contribution in [2.75, 3.05) is 0 Å². The second-order valence-corrected chi connectivity index (χ2v) is 15.7. The number of carboxylic acids is 1. The topological polar surface area (TPSA) is 104 Å². The summed E-state index contributed by atoms with van der Waals surface area (Å²) >= 11 is 0. The number of hydrogen-bond acceptors (Lipinski definition) is 5. The second kappa shape index (κ2) is 8.68. The fourth-order valence-electron chi connectivity index (χ4n) is 11.7. The Morgan fingerprint density at radius 2 is 1.71 bits per heavy atom. The predicted octanol–water partition coefficient (Wildman–Crippen LogP) is 5.97. The van der Waals surface area contributed by atoms with Gasteiger partial charge in [-0.3, -0.25) is 9.59 Å². The summed E-state index contributed by atoms with van der Waals surface area (Å²) in [7, 11) is 0. The summed E-state index contributed by atoms with van der Waals surface area (Å²) in [6, 6.07) is 0. The van der Waals surface area contributed by atoms with Gasteiger partial charge in [0.2, 0.25) is 0 Å². The van der Waals surface area contributed by atoms with Crippen LogP contribution in [0.1, 0.15) is 119 Å². The van der Waals surface area contributed by atoms with E-state index in [0.29, 0.717) is 24.7 Å². The molecule has 5 saturated carbocycles. The van der Waals surface area contributed by atoms with Crippen molar-refractivity contribution < 1.29 is 29.6 Å². The highest BCUT2D eigenvalue weighted by molar-refractivity contribution is 5.76. The van der Waals surface area contributed by atoms with Gasteiger partial charge in [0.05, 0.1) is 17.1 Å². The van der Waals surface area contributed by atoms with Gasteiger partial charge in [0.1, 0.15) is 6.10 Å². The molecule has 5 fully saturated rings. The summed E-state index contributed by atoms with van der Waals surface area (Å²) in [4.78, 5) is 25.1. The van der Waals surface area contributed by atoms with E-state index >= 15 is 0 Å². The standard InChI is InChI=1S/C32H52O6/c1-19(9-8-12-27(3,4)37)21-10-13-29(6)25-22(38-20(2)33)17-23-30(7,26(35)36)24(34)11-14-31(23)18-32(25,31)16-15-28(21,29)5/h19,21-25,34,37H,8-18H2,1-7H3,(H,35,36)/t19-,21-,22+,23+,24+,25+,28-,29+,30+,31-,32+/m1/s1. The van der Waals surface area contributed by atoms with E-state index in [1.165, 1.54) is 13.3 Å². The highest BCUT2D eigenvalue weighted by Gasteiger charge is 2.85. The predicted molar refractivity (Wildman–Crippen MR) is 145 cm³/mol.